The van der Waals surface area contributed by atoms with E-state index in [1.165, 1.54) is 12.8 Å². The third-order valence-electron chi connectivity index (χ3n) is 2.62. The van der Waals surface area contributed by atoms with Crippen molar-refractivity contribution in [1.82, 2.24) is 5.06 Å². The monoisotopic (exact) mass is 182 g/mol. The molecule has 0 spiro atoms. The van der Waals surface area contributed by atoms with Gasteiger partial charge in [-0.25, -0.2) is 0 Å². The Hall–Kier alpha value is -0.630. The molecule has 1 saturated carbocycles. The maximum atomic E-state index is 9.19. The minimum atomic E-state index is -0.376. The van der Waals surface area contributed by atoms with Gasteiger partial charge in [-0.3, -0.25) is 4.84 Å². The van der Waals surface area contributed by atoms with E-state index in [1.807, 2.05) is 0 Å². The predicted octanol–water partition coefficient (Wildman–Crippen LogP) is 0.144. The predicted molar refractivity (Wildman–Crippen MR) is 45.4 cm³/mol. The van der Waals surface area contributed by atoms with E-state index in [0.29, 0.717) is 25.6 Å². The first-order chi connectivity index (χ1) is 6.29. The number of nitrogens with zero attached hydrogens (tertiary/aromatic N) is 2. The van der Waals surface area contributed by atoms with Gasteiger partial charge in [0, 0.05) is 6.54 Å². The number of β-amino-alcohol motifs (C(OH)–C–C–N with tert-alkyl or cyclic N) is 1. The van der Waals surface area contributed by atoms with E-state index in [2.05, 4.69) is 6.07 Å². The Labute approximate surface area is 77.7 Å². The minimum Gasteiger partial charge on any atom is -0.389 e. The van der Waals surface area contributed by atoms with Crippen LogP contribution in [0.25, 0.3) is 0 Å². The molecule has 2 atom stereocenters. The molecule has 2 unspecified atom stereocenters. The first-order valence-corrected chi connectivity index (χ1v) is 4.75. The highest BCUT2D eigenvalue weighted by Crippen LogP contribution is 2.37. The lowest BCUT2D eigenvalue weighted by atomic mass is 10.1. The van der Waals surface area contributed by atoms with Crippen molar-refractivity contribution in [3.05, 3.63) is 0 Å². The molecule has 2 fully saturated rings. The molecule has 1 N–H and O–H groups in total. The molecule has 0 aromatic heterocycles. The van der Waals surface area contributed by atoms with Crippen LogP contribution >= 0.6 is 0 Å². The summed E-state index contributed by atoms with van der Waals surface area (Å²) >= 11 is 0. The molecule has 0 aromatic carbocycles. The van der Waals surface area contributed by atoms with Crippen molar-refractivity contribution >= 4 is 0 Å². The minimum absolute atomic E-state index is 0.0882. The molecule has 4 nitrogen and oxygen atoms in total. The second kappa shape index (κ2) is 3.62. The summed E-state index contributed by atoms with van der Waals surface area (Å²) < 4.78 is 0. The molecule has 1 aliphatic carbocycles. The summed E-state index contributed by atoms with van der Waals surface area (Å²) in [5.41, 5.74) is 0. The number of aliphatic hydroxyl groups is 1. The average Bonchev–Trinajstić information content (AvgIpc) is 2.87. The molecular weight excluding hydrogens is 168 g/mol. The van der Waals surface area contributed by atoms with E-state index in [1.54, 1.807) is 5.06 Å². The topological polar surface area (TPSA) is 56.5 Å². The lowest BCUT2D eigenvalue weighted by molar-refractivity contribution is -0.116. The van der Waals surface area contributed by atoms with Gasteiger partial charge in [0.1, 0.15) is 0 Å². The highest BCUT2D eigenvalue weighted by molar-refractivity contribution is 4.95. The van der Waals surface area contributed by atoms with E-state index < -0.39 is 0 Å². The van der Waals surface area contributed by atoms with Crippen molar-refractivity contribution in [3.8, 4) is 6.07 Å². The lowest BCUT2D eigenvalue weighted by Crippen LogP contribution is -2.27. The Morgan fingerprint density at radius 3 is 2.85 bits per heavy atom. The third kappa shape index (κ3) is 2.19. The highest BCUT2D eigenvalue weighted by Gasteiger charge is 2.34. The number of aliphatic hydroxyl groups excluding tert-OH is 1. The molecule has 1 heterocycles. The Kier molecular flexibility index (Phi) is 2.49. The molecule has 2 rings (SSSR count). The molecule has 0 radical (unpaired) electrons. The average molecular weight is 182 g/mol. The highest BCUT2D eigenvalue weighted by atomic mass is 16.7. The Balaban J connectivity index is 1.79. The summed E-state index contributed by atoms with van der Waals surface area (Å²) in [4.78, 5) is 5.21. The summed E-state index contributed by atoms with van der Waals surface area (Å²) in [5, 5.41) is 19.8. The van der Waals surface area contributed by atoms with Crippen molar-refractivity contribution in [2.45, 2.75) is 18.9 Å². The molecule has 0 aromatic rings. The van der Waals surface area contributed by atoms with Gasteiger partial charge in [0.2, 0.25) is 0 Å². The zero-order valence-electron chi connectivity index (χ0n) is 7.52. The smallest absolute Gasteiger partial charge is 0.0958 e. The summed E-state index contributed by atoms with van der Waals surface area (Å²) in [6.07, 6.45) is 1.97. The summed E-state index contributed by atoms with van der Waals surface area (Å²) in [6, 6.07) is 2.30. The molecule has 0 amide bonds. The molecule has 1 aliphatic heterocycles. The van der Waals surface area contributed by atoms with Crippen molar-refractivity contribution in [3.63, 3.8) is 0 Å². The van der Waals surface area contributed by atoms with Gasteiger partial charge in [-0.1, -0.05) is 0 Å². The van der Waals surface area contributed by atoms with E-state index in [4.69, 9.17) is 10.1 Å². The van der Waals surface area contributed by atoms with Gasteiger partial charge in [-0.05, 0) is 18.8 Å². The van der Waals surface area contributed by atoms with Crippen LogP contribution in [0.1, 0.15) is 12.8 Å². The van der Waals surface area contributed by atoms with E-state index in [9.17, 15) is 5.11 Å². The normalized spacial score (nSPS) is 31.5. The number of hydrogen-bond donors (Lipinski definition) is 1. The van der Waals surface area contributed by atoms with Crippen molar-refractivity contribution in [1.29, 1.82) is 5.26 Å². The lowest BCUT2D eigenvalue weighted by Gasteiger charge is -2.16. The first kappa shape index (κ1) is 8.95. The van der Waals surface area contributed by atoms with Crippen LogP contribution in [0.4, 0.5) is 0 Å². The quantitative estimate of drug-likeness (QED) is 0.674. The van der Waals surface area contributed by atoms with Crippen LogP contribution in [0.3, 0.4) is 0 Å². The van der Waals surface area contributed by atoms with Crippen LogP contribution < -0.4 is 0 Å². The van der Waals surface area contributed by atoms with E-state index in [0.717, 1.165) is 0 Å². The Morgan fingerprint density at radius 1 is 1.62 bits per heavy atom. The van der Waals surface area contributed by atoms with Gasteiger partial charge >= 0.3 is 0 Å². The zero-order chi connectivity index (χ0) is 9.26. The van der Waals surface area contributed by atoms with Gasteiger partial charge in [-0.15, -0.1) is 0 Å². The fraction of sp³-hybridized carbons (Fsp3) is 0.889. The summed E-state index contributed by atoms with van der Waals surface area (Å²) in [6.45, 7) is 1.58. The zero-order valence-corrected chi connectivity index (χ0v) is 7.52. The van der Waals surface area contributed by atoms with Gasteiger partial charge in [-0.2, -0.15) is 10.3 Å². The van der Waals surface area contributed by atoms with Crippen LogP contribution in [-0.2, 0) is 4.84 Å². The summed E-state index contributed by atoms with van der Waals surface area (Å²) in [5.74, 6) is 0.664. The van der Waals surface area contributed by atoms with Crippen LogP contribution in [0.15, 0.2) is 0 Å². The fourth-order valence-electron chi connectivity index (χ4n) is 1.67. The molecule has 4 heteroatoms. The van der Waals surface area contributed by atoms with Gasteiger partial charge in [0.05, 0.1) is 31.2 Å². The van der Waals surface area contributed by atoms with Crippen LogP contribution in [0, 0.1) is 23.2 Å². The van der Waals surface area contributed by atoms with Crippen LogP contribution in [0.2, 0.25) is 0 Å². The maximum Gasteiger partial charge on any atom is 0.0958 e. The Bertz CT molecular complexity index is 222. The maximum absolute atomic E-state index is 9.19. The molecule has 2 aliphatic rings. The SMILES string of the molecule is N#CC(CN1CC(O)CO1)C1CC1. The Morgan fingerprint density at radius 2 is 2.38 bits per heavy atom. The first-order valence-electron chi connectivity index (χ1n) is 4.75. The number of hydrogen-bond acceptors (Lipinski definition) is 4. The van der Waals surface area contributed by atoms with Gasteiger partial charge < -0.3 is 5.11 Å². The summed E-state index contributed by atoms with van der Waals surface area (Å²) in [7, 11) is 0. The van der Waals surface area contributed by atoms with Crippen molar-refractivity contribution in [2.75, 3.05) is 19.7 Å². The second-order valence-electron chi connectivity index (χ2n) is 3.87. The molecule has 1 saturated heterocycles. The molecular formula is C9H14N2O2. The van der Waals surface area contributed by atoms with Gasteiger partial charge in [0.15, 0.2) is 0 Å². The van der Waals surface area contributed by atoms with Crippen molar-refractivity contribution < 1.29 is 9.94 Å². The van der Waals surface area contributed by atoms with Crippen molar-refractivity contribution in [2.24, 2.45) is 11.8 Å². The van der Waals surface area contributed by atoms with Gasteiger partial charge in [0.25, 0.3) is 0 Å². The van der Waals surface area contributed by atoms with E-state index in [-0.39, 0.29) is 12.0 Å². The number of rotatable bonds is 3. The molecule has 13 heavy (non-hydrogen) atoms. The second-order valence-corrected chi connectivity index (χ2v) is 3.87. The number of hydroxylamine groups is 2. The van der Waals surface area contributed by atoms with Crippen LogP contribution in [0.5, 0.6) is 0 Å². The molecule has 72 valence electrons. The largest absolute Gasteiger partial charge is 0.389 e. The number of nitriles is 1. The third-order valence-corrected chi connectivity index (χ3v) is 2.62. The standard InChI is InChI=1S/C9H14N2O2/c10-3-8(7-1-2-7)4-11-5-9(12)6-13-11/h7-9,12H,1-2,4-6H2. The van der Waals surface area contributed by atoms with Crippen LogP contribution in [-0.4, -0.2) is 36.0 Å². The van der Waals surface area contributed by atoms with E-state index >= 15 is 0 Å². The fourth-order valence-corrected chi connectivity index (χ4v) is 1.67. The molecule has 0 bridgehead atoms.